The minimum atomic E-state index is -1.35. The molecule has 36 heavy (non-hydrogen) atoms. The van der Waals surface area contributed by atoms with Crippen LogP contribution in [0.25, 0.3) is 0 Å². The van der Waals surface area contributed by atoms with E-state index in [-0.39, 0.29) is 0 Å². The minimum Gasteiger partial charge on any atom is -0.439 e. The van der Waals surface area contributed by atoms with Crippen molar-refractivity contribution in [2.75, 3.05) is 36.0 Å². The first-order chi connectivity index (χ1) is 17.3. The number of fused-ring (bicyclic) bond motifs is 1. The highest BCUT2D eigenvalue weighted by Crippen LogP contribution is 2.51. The third-order valence-electron chi connectivity index (χ3n) is 7.07. The van der Waals surface area contributed by atoms with E-state index in [9.17, 15) is 4.79 Å². The molecule has 0 radical (unpaired) electrons. The van der Waals surface area contributed by atoms with E-state index < -0.39 is 11.6 Å². The number of benzene rings is 2. The number of carbonyl (C=O) groups excluding carboxylic acids is 1. The molecule has 0 unspecified atom stereocenters. The lowest BCUT2D eigenvalue weighted by Gasteiger charge is -2.32. The number of ether oxygens (including phenoxy) is 1. The quantitative estimate of drug-likeness (QED) is 0.278. The van der Waals surface area contributed by atoms with Gasteiger partial charge >= 0.3 is 5.97 Å². The third-order valence-corrected chi connectivity index (χ3v) is 7.70. The first-order valence-electron chi connectivity index (χ1n) is 12.7. The summed E-state index contributed by atoms with van der Waals surface area (Å²) in [4.78, 5) is 22.5. The normalized spacial score (nSPS) is 13.9. The highest BCUT2D eigenvalue weighted by atomic mass is 35.5. The molecule has 5 nitrogen and oxygen atoms in total. The van der Waals surface area contributed by atoms with Crippen LogP contribution >= 0.6 is 23.2 Å². The zero-order valence-corrected chi connectivity index (χ0v) is 23.1. The second kappa shape index (κ2) is 10.7. The lowest BCUT2D eigenvalue weighted by Crippen LogP contribution is -2.32. The number of anilines is 2. The first kappa shape index (κ1) is 26.3. The number of aryl methyl sites for hydroxylation is 1. The van der Waals surface area contributed by atoms with Gasteiger partial charge in [-0.25, -0.2) is 4.79 Å². The van der Waals surface area contributed by atoms with Crippen LogP contribution in [-0.2, 0) is 16.8 Å². The number of hydrogen-bond acceptors (Lipinski definition) is 5. The van der Waals surface area contributed by atoms with Crippen LogP contribution in [0.4, 0.5) is 11.4 Å². The molecule has 190 valence electrons. The van der Waals surface area contributed by atoms with E-state index in [4.69, 9.17) is 32.9 Å². The Morgan fingerprint density at radius 1 is 0.806 bits per heavy atom. The maximum absolute atomic E-state index is 13.3. The van der Waals surface area contributed by atoms with Crippen molar-refractivity contribution in [1.29, 1.82) is 0 Å². The highest BCUT2D eigenvalue weighted by molar-refractivity contribution is 6.33. The number of hydrogen-bond donors (Lipinski definition) is 0. The third kappa shape index (κ3) is 4.33. The second-order valence-electron chi connectivity index (χ2n) is 8.84. The van der Waals surface area contributed by atoms with Crippen molar-refractivity contribution in [3.05, 3.63) is 86.7 Å². The summed E-state index contributed by atoms with van der Waals surface area (Å²) < 4.78 is 6.26. The fraction of sp³-hybridized carbons (Fsp3) is 0.379. The maximum Gasteiger partial charge on any atom is 0.341 e. The number of pyridine rings is 1. The van der Waals surface area contributed by atoms with Crippen LogP contribution in [0.3, 0.4) is 0 Å². The topological polar surface area (TPSA) is 45.7 Å². The lowest BCUT2D eigenvalue weighted by atomic mass is 9.82. The zero-order valence-electron chi connectivity index (χ0n) is 21.6. The molecule has 0 bridgehead atoms. The number of aromatic nitrogens is 1. The van der Waals surface area contributed by atoms with Gasteiger partial charge in [0.25, 0.3) is 0 Å². The van der Waals surface area contributed by atoms with E-state index in [1.165, 1.54) is 0 Å². The van der Waals surface area contributed by atoms with Crippen molar-refractivity contribution in [2.45, 2.75) is 46.6 Å². The molecular weight excluding hydrogens is 493 g/mol. The van der Waals surface area contributed by atoms with Gasteiger partial charge in [-0.3, -0.25) is 4.98 Å². The number of carbonyl (C=O) groups is 1. The Bertz CT molecular complexity index is 1210. The van der Waals surface area contributed by atoms with E-state index in [0.29, 0.717) is 32.4 Å². The van der Waals surface area contributed by atoms with Gasteiger partial charge in [0.1, 0.15) is 5.69 Å². The summed E-state index contributed by atoms with van der Waals surface area (Å²) in [6.45, 7) is 13.9. The van der Waals surface area contributed by atoms with Gasteiger partial charge < -0.3 is 14.5 Å². The minimum absolute atomic E-state index is 0.430. The highest BCUT2D eigenvalue weighted by Gasteiger charge is 2.52. The zero-order chi connectivity index (χ0) is 26.0. The predicted molar refractivity (Wildman–Crippen MR) is 149 cm³/mol. The summed E-state index contributed by atoms with van der Waals surface area (Å²) in [5, 5.41) is 0.982. The molecule has 2 heterocycles. The van der Waals surface area contributed by atoms with Crippen LogP contribution in [0.2, 0.25) is 10.0 Å². The molecule has 0 amide bonds. The Hall–Kier alpha value is -2.76. The standard InChI is InChI=1S/C29H33Cl2N3O2/c1-6-19-15-22-27(32-18-19)29(36-28(22)35,23-13-11-20(16-25(23)30)33(7-2)8-3)24-14-12-21(17-26(24)31)34(9-4)10-5/h11-18H,6-10H2,1-5H3. The molecule has 0 aliphatic carbocycles. The molecule has 1 aromatic heterocycles. The fourth-order valence-electron chi connectivity index (χ4n) is 5.04. The predicted octanol–water partition coefficient (Wildman–Crippen LogP) is 7.11. The van der Waals surface area contributed by atoms with Gasteiger partial charge in [0, 0.05) is 54.9 Å². The molecule has 1 aliphatic heterocycles. The van der Waals surface area contributed by atoms with Gasteiger partial charge in [-0.2, -0.15) is 0 Å². The summed E-state index contributed by atoms with van der Waals surface area (Å²) in [6, 6.07) is 13.6. The molecule has 3 aromatic rings. The van der Waals surface area contributed by atoms with Crippen molar-refractivity contribution in [1.82, 2.24) is 4.98 Å². The van der Waals surface area contributed by atoms with Gasteiger partial charge in [-0.1, -0.05) is 42.3 Å². The van der Waals surface area contributed by atoms with Crippen LogP contribution < -0.4 is 9.80 Å². The van der Waals surface area contributed by atoms with Crippen LogP contribution in [0.5, 0.6) is 0 Å². The van der Waals surface area contributed by atoms with Gasteiger partial charge in [0.15, 0.2) is 0 Å². The largest absolute Gasteiger partial charge is 0.439 e. The molecule has 0 saturated heterocycles. The Morgan fingerprint density at radius 2 is 1.31 bits per heavy atom. The number of halogens is 2. The summed E-state index contributed by atoms with van der Waals surface area (Å²) in [7, 11) is 0. The van der Waals surface area contributed by atoms with E-state index in [1.54, 1.807) is 6.20 Å². The van der Waals surface area contributed by atoms with Crippen molar-refractivity contribution >= 4 is 40.5 Å². The molecule has 7 heteroatoms. The molecular formula is C29H33Cl2N3O2. The van der Waals surface area contributed by atoms with Crippen molar-refractivity contribution in [2.24, 2.45) is 0 Å². The van der Waals surface area contributed by atoms with Crippen molar-refractivity contribution in [3.63, 3.8) is 0 Å². The molecule has 0 saturated carbocycles. The van der Waals surface area contributed by atoms with Crippen LogP contribution in [0.15, 0.2) is 48.7 Å². The van der Waals surface area contributed by atoms with Crippen LogP contribution in [0, 0.1) is 0 Å². The first-order valence-corrected chi connectivity index (χ1v) is 13.4. The number of nitrogens with zero attached hydrogens (tertiary/aromatic N) is 3. The Labute approximate surface area is 224 Å². The molecule has 0 atom stereocenters. The van der Waals surface area contributed by atoms with E-state index in [0.717, 1.165) is 49.5 Å². The van der Waals surface area contributed by atoms with Gasteiger partial charge in [-0.15, -0.1) is 0 Å². The van der Waals surface area contributed by atoms with E-state index in [2.05, 4.69) is 37.5 Å². The van der Waals surface area contributed by atoms with E-state index >= 15 is 0 Å². The van der Waals surface area contributed by atoms with Gasteiger partial charge in [-0.05, 0) is 70.0 Å². The van der Waals surface area contributed by atoms with Crippen LogP contribution in [-0.4, -0.2) is 37.1 Å². The molecule has 1 aliphatic rings. The Morgan fingerprint density at radius 3 is 1.72 bits per heavy atom. The molecule has 2 aromatic carbocycles. The number of rotatable bonds is 9. The maximum atomic E-state index is 13.3. The molecule has 0 N–H and O–H groups in total. The summed E-state index contributed by atoms with van der Waals surface area (Å²) in [5.41, 5.74) is 3.87. The summed E-state index contributed by atoms with van der Waals surface area (Å²) in [5.74, 6) is -0.430. The lowest BCUT2D eigenvalue weighted by molar-refractivity contribution is 0.0244. The van der Waals surface area contributed by atoms with Crippen molar-refractivity contribution < 1.29 is 9.53 Å². The molecule has 0 fully saturated rings. The van der Waals surface area contributed by atoms with Crippen molar-refractivity contribution in [3.8, 4) is 0 Å². The smallest absolute Gasteiger partial charge is 0.341 e. The average molecular weight is 527 g/mol. The molecule has 4 rings (SSSR count). The molecule has 0 spiro atoms. The van der Waals surface area contributed by atoms with Gasteiger partial charge in [0.2, 0.25) is 5.60 Å². The van der Waals surface area contributed by atoms with E-state index in [1.807, 2.05) is 49.4 Å². The number of cyclic esters (lactones) is 1. The number of esters is 1. The SMILES string of the molecule is CCc1cnc2c(c1)C(=O)OC2(c1ccc(N(CC)CC)cc1Cl)c1ccc(N(CC)CC)cc1Cl. The fourth-order valence-corrected chi connectivity index (χ4v) is 5.66. The van der Waals surface area contributed by atoms with Gasteiger partial charge in [0.05, 0.1) is 15.6 Å². The average Bonchev–Trinajstić information content (AvgIpc) is 3.17. The Balaban J connectivity index is 1.98. The van der Waals surface area contributed by atoms with Crippen LogP contribution in [0.1, 0.15) is 67.4 Å². The monoisotopic (exact) mass is 525 g/mol. The summed E-state index contributed by atoms with van der Waals surface area (Å²) >= 11 is 13.9. The Kier molecular flexibility index (Phi) is 7.82. The summed E-state index contributed by atoms with van der Waals surface area (Å²) in [6.07, 6.45) is 2.56. The second-order valence-corrected chi connectivity index (χ2v) is 9.65.